The third kappa shape index (κ3) is 3.39. The third-order valence-electron chi connectivity index (χ3n) is 4.78. The molecule has 0 bridgehead atoms. The molecule has 0 spiro atoms. The molecule has 126 valence electrons. The molecule has 1 aliphatic carbocycles. The van der Waals surface area contributed by atoms with Gasteiger partial charge in [-0.1, -0.05) is 31.0 Å². The minimum Gasteiger partial charge on any atom is -0.336 e. The van der Waals surface area contributed by atoms with Crippen LogP contribution in [0.25, 0.3) is 0 Å². The van der Waals surface area contributed by atoms with E-state index in [1.54, 1.807) is 0 Å². The van der Waals surface area contributed by atoms with E-state index in [4.69, 9.17) is 0 Å². The highest BCUT2D eigenvalue weighted by Crippen LogP contribution is 2.34. The first-order valence-electron chi connectivity index (χ1n) is 8.34. The van der Waals surface area contributed by atoms with Crippen molar-refractivity contribution in [3.05, 3.63) is 11.4 Å². The van der Waals surface area contributed by atoms with Crippen LogP contribution >= 0.6 is 11.8 Å². The van der Waals surface area contributed by atoms with Crippen LogP contribution in [0.5, 0.6) is 0 Å². The number of urea groups is 1. The number of thioether (sulfide) groups is 1. The average molecular weight is 336 g/mol. The molecule has 1 saturated carbocycles. The molecule has 1 N–H and O–H groups in total. The topological polar surface area (TPSA) is 67.2 Å². The zero-order valence-corrected chi connectivity index (χ0v) is 14.6. The third-order valence-corrected chi connectivity index (χ3v) is 5.71. The van der Waals surface area contributed by atoms with Crippen molar-refractivity contribution in [3.8, 4) is 0 Å². The summed E-state index contributed by atoms with van der Waals surface area (Å²) in [4.78, 5) is 29.7. The maximum Gasteiger partial charge on any atom is 0.324 e. The van der Waals surface area contributed by atoms with Crippen LogP contribution < -0.4 is 5.32 Å². The van der Waals surface area contributed by atoms with Crippen molar-refractivity contribution >= 4 is 23.7 Å². The first kappa shape index (κ1) is 16.4. The Morgan fingerprint density at radius 2 is 2.04 bits per heavy atom. The van der Waals surface area contributed by atoms with Gasteiger partial charge in [0.2, 0.25) is 5.91 Å². The predicted molar refractivity (Wildman–Crippen MR) is 89.7 cm³/mol. The Morgan fingerprint density at radius 1 is 1.30 bits per heavy atom. The van der Waals surface area contributed by atoms with E-state index in [1.165, 1.54) is 54.5 Å². The van der Waals surface area contributed by atoms with Gasteiger partial charge in [-0.05, 0) is 26.7 Å². The molecule has 1 aromatic rings. The predicted octanol–water partition coefficient (Wildman–Crippen LogP) is 2.65. The Bertz CT molecular complexity index is 607. The van der Waals surface area contributed by atoms with Gasteiger partial charge in [0.15, 0.2) is 5.16 Å². The van der Waals surface area contributed by atoms with E-state index in [0.717, 1.165) is 10.9 Å². The molecule has 0 aromatic carbocycles. The number of nitrogens with one attached hydrogen (secondary N) is 1. The molecule has 2 heterocycles. The monoisotopic (exact) mass is 336 g/mol. The molecule has 3 rings (SSSR count). The molecule has 1 aromatic heterocycles. The van der Waals surface area contributed by atoms with Crippen molar-refractivity contribution in [2.45, 2.75) is 57.1 Å². The molecular formula is C16H24N4O2S. The van der Waals surface area contributed by atoms with Gasteiger partial charge in [-0.25, -0.2) is 9.78 Å². The summed E-state index contributed by atoms with van der Waals surface area (Å²) in [6.45, 7) is 5.14. The maximum absolute atomic E-state index is 12.2. The highest BCUT2D eigenvalue weighted by atomic mass is 32.2. The highest BCUT2D eigenvalue weighted by Gasteiger charge is 2.27. The van der Waals surface area contributed by atoms with Gasteiger partial charge in [-0.3, -0.25) is 9.69 Å². The molecule has 7 heteroatoms. The van der Waals surface area contributed by atoms with Crippen LogP contribution in [0.3, 0.4) is 0 Å². The molecule has 1 aliphatic heterocycles. The average Bonchev–Trinajstić information content (AvgIpc) is 3.10. The summed E-state index contributed by atoms with van der Waals surface area (Å²) < 4.78 is 2.32. The molecule has 3 amide bonds. The van der Waals surface area contributed by atoms with E-state index < -0.39 is 0 Å². The Kier molecular flexibility index (Phi) is 4.94. The van der Waals surface area contributed by atoms with Crippen molar-refractivity contribution in [1.82, 2.24) is 19.8 Å². The molecule has 1 saturated heterocycles. The van der Waals surface area contributed by atoms with Gasteiger partial charge in [0.25, 0.3) is 0 Å². The van der Waals surface area contributed by atoms with Crippen LogP contribution in [0.15, 0.2) is 5.16 Å². The summed E-state index contributed by atoms with van der Waals surface area (Å²) in [5.41, 5.74) is 2.23. The van der Waals surface area contributed by atoms with Crippen molar-refractivity contribution in [2.75, 3.05) is 18.8 Å². The van der Waals surface area contributed by atoms with E-state index in [2.05, 4.69) is 21.8 Å². The minimum atomic E-state index is -0.279. The van der Waals surface area contributed by atoms with Gasteiger partial charge in [-0.2, -0.15) is 0 Å². The maximum atomic E-state index is 12.2. The lowest BCUT2D eigenvalue weighted by molar-refractivity contribution is -0.124. The standard InChI is InChI=1S/C16H24N4O2S/c1-11-12(2)20(13-6-4-3-5-7-13)16(18-11)23-10-14(21)19-9-8-17-15(19)22/h13H,3-10H2,1-2H3,(H,17,22). The van der Waals surface area contributed by atoms with E-state index >= 15 is 0 Å². The van der Waals surface area contributed by atoms with Crippen LogP contribution in [0, 0.1) is 13.8 Å². The quantitative estimate of drug-likeness (QED) is 0.859. The summed E-state index contributed by atoms with van der Waals surface area (Å²) in [6.07, 6.45) is 6.21. The molecule has 2 aliphatic rings. The first-order chi connectivity index (χ1) is 11.1. The van der Waals surface area contributed by atoms with Crippen LogP contribution in [0.1, 0.15) is 49.5 Å². The fourth-order valence-electron chi connectivity index (χ4n) is 3.38. The van der Waals surface area contributed by atoms with E-state index in [1.807, 2.05) is 6.92 Å². The number of carbonyl (C=O) groups is 2. The number of hydrogen-bond donors (Lipinski definition) is 1. The summed E-state index contributed by atoms with van der Waals surface area (Å²) in [7, 11) is 0. The van der Waals surface area contributed by atoms with E-state index in [-0.39, 0.29) is 17.7 Å². The smallest absolute Gasteiger partial charge is 0.324 e. The fraction of sp³-hybridized carbons (Fsp3) is 0.688. The number of amides is 3. The number of aryl methyl sites for hydroxylation is 1. The highest BCUT2D eigenvalue weighted by molar-refractivity contribution is 7.99. The number of aromatic nitrogens is 2. The van der Waals surface area contributed by atoms with Crippen molar-refractivity contribution in [3.63, 3.8) is 0 Å². The lowest BCUT2D eigenvalue weighted by Crippen LogP contribution is -2.35. The van der Waals surface area contributed by atoms with Gasteiger partial charge >= 0.3 is 6.03 Å². The van der Waals surface area contributed by atoms with Gasteiger partial charge in [-0.15, -0.1) is 0 Å². The van der Waals surface area contributed by atoms with Crippen molar-refractivity contribution < 1.29 is 9.59 Å². The molecule has 23 heavy (non-hydrogen) atoms. The summed E-state index contributed by atoms with van der Waals surface area (Å²) in [5.74, 6) is 0.120. The fourth-order valence-corrected chi connectivity index (χ4v) is 4.42. The number of hydrogen-bond acceptors (Lipinski definition) is 4. The van der Waals surface area contributed by atoms with Crippen LogP contribution in [-0.2, 0) is 4.79 Å². The zero-order chi connectivity index (χ0) is 16.4. The Labute approximate surface area is 141 Å². The van der Waals surface area contributed by atoms with Crippen LogP contribution in [0.2, 0.25) is 0 Å². The second-order valence-corrected chi connectivity index (χ2v) is 7.24. The number of nitrogens with zero attached hydrogens (tertiary/aromatic N) is 3. The van der Waals surface area contributed by atoms with E-state index in [9.17, 15) is 9.59 Å². The Hall–Kier alpha value is -1.50. The lowest BCUT2D eigenvalue weighted by atomic mass is 9.95. The van der Waals surface area contributed by atoms with Gasteiger partial charge in [0.05, 0.1) is 11.4 Å². The molecule has 0 atom stereocenters. The number of imidazole rings is 1. The number of rotatable bonds is 4. The number of carbonyl (C=O) groups excluding carboxylic acids is 2. The van der Waals surface area contributed by atoms with Crippen molar-refractivity contribution in [1.29, 1.82) is 0 Å². The summed E-state index contributed by atoms with van der Waals surface area (Å²) in [5, 5.41) is 3.58. The van der Waals surface area contributed by atoms with Crippen LogP contribution in [-0.4, -0.2) is 45.2 Å². The van der Waals surface area contributed by atoms with Crippen molar-refractivity contribution in [2.24, 2.45) is 0 Å². The van der Waals surface area contributed by atoms with E-state index in [0.29, 0.717) is 19.1 Å². The summed E-state index contributed by atoms with van der Waals surface area (Å²) >= 11 is 1.45. The molecular weight excluding hydrogens is 312 g/mol. The molecule has 6 nitrogen and oxygen atoms in total. The Balaban J connectivity index is 1.71. The summed E-state index contributed by atoms with van der Waals surface area (Å²) in [6, 6.07) is 0.219. The van der Waals surface area contributed by atoms with Gasteiger partial charge in [0.1, 0.15) is 0 Å². The van der Waals surface area contributed by atoms with Gasteiger partial charge in [0, 0.05) is 24.8 Å². The number of imide groups is 1. The zero-order valence-electron chi connectivity index (χ0n) is 13.8. The largest absolute Gasteiger partial charge is 0.336 e. The molecule has 0 unspecified atom stereocenters. The Morgan fingerprint density at radius 3 is 2.70 bits per heavy atom. The second kappa shape index (κ2) is 6.95. The lowest BCUT2D eigenvalue weighted by Gasteiger charge is -2.26. The first-order valence-corrected chi connectivity index (χ1v) is 9.33. The van der Waals surface area contributed by atoms with Crippen LogP contribution in [0.4, 0.5) is 4.79 Å². The SMILES string of the molecule is Cc1nc(SCC(=O)N2CCNC2=O)n(C2CCCCC2)c1C. The molecule has 0 radical (unpaired) electrons. The normalized spacial score (nSPS) is 19.2. The minimum absolute atomic E-state index is 0.140. The van der Waals surface area contributed by atoms with Gasteiger partial charge < -0.3 is 9.88 Å². The molecule has 2 fully saturated rings. The second-order valence-electron chi connectivity index (χ2n) is 6.29.